The third-order valence-electron chi connectivity index (χ3n) is 1.20. The summed E-state index contributed by atoms with van der Waals surface area (Å²) in [6, 6.07) is 5.39. The fourth-order valence-corrected chi connectivity index (χ4v) is 0.865. The largest absolute Gasteiger partial charge is 0.309 e. The molecule has 1 aromatic rings. The summed E-state index contributed by atoms with van der Waals surface area (Å²) >= 11 is 5.66. The van der Waals surface area contributed by atoms with E-state index in [2.05, 4.69) is 22.1 Å². The van der Waals surface area contributed by atoms with Crippen LogP contribution in [0.2, 0.25) is 5.15 Å². The molecular weight excluding hydrogens is 172 g/mol. The normalized spacial score (nSPS) is 8.83. The molecule has 2 nitrogen and oxygen atoms in total. The van der Waals surface area contributed by atoms with Crippen LogP contribution < -0.4 is 5.32 Å². The minimum Gasteiger partial charge on any atom is -0.309 e. The van der Waals surface area contributed by atoms with Gasteiger partial charge in [-0.1, -0.05) is 23.6 Å². The van der Waals surface area contributed by atoms with E-state index in [1.54, 1.807) is 6.07 Å². The summed E-state index contributed by atoms with van der Waals surface area (Å²) in [5.74, 6) is 5.77. The Kier molecular flexibility index (Phi) is 3.59. The van der Waals surface area contributed by atoms with Gasteiger partial charge in [-0.15, -0.1) is 0 Å². The monoisotopic (exact) mass is 180 g/mol. The molecule has 1 rings (SSSR count). The van der Waals surface area contributed by atoms with Crippen LogP contribution >= 0.6 is 11.6 Å². The molecule has 12 heavy (non-hydrogen) atoms. The molecular formula is C9H9ClN2. The molecule has 1 aromatic heterocycles. The van der Waals surface area contributed by atoms with Crippen molar-refractivity contribution < 1.29 is 0 Å². The average molecular weight is 181 g/mol. The number of pyridine rings is 1. The Bertz CT molecular complexity index is 312. The van der Waals surface area contributed by atoms with Gasteiger partial charge >= 0.3 is 0 Å². The number of rotatable bonds is 1. The van der Waals surface area contributed by atoms with Gasteiger partial charge < -0.3 is 5.32 Å². The van der Waals surface area contributed by atoms with Gasteiger partial charge in [-0.3, -0.25) is 0 Å². The zero-order valence-corrected chi connectivity index (χ0v) is 7.52. The summed E-state index contributed by atoms with van der Waals surface area (Å²) in [5.41, 5.74) is 0.706. The van der Waals surface area contributed by atoms with Gasteiger partial charge in [0.15, 0.2) is 0 Å². The van der Waals surface area contributed by atoms with E-state index in [-0.39, 0.29) is 0 Å². The minimum atomic E-state index is 0.478. The van der Waals surface area contributed by atoms with Crippen LogP contribution in [-0.2, 0) is 0 Å². The van der Waals surface area contributed by atoms with Crippen LogP contribution in [0.4, 0.5) is 0 Å². The van der Waals surface area contributed by atoms with E-state index in [9.17, 15) is 0 Å². The lowest BCUT2D eigenvalue weighted by Gasteiger charge is -1.89. The maximum Gasteiger partial charge on any atom is 0.130 e. The lowest BCUT2D eigenvalue weighted by Crippen LogP contribution is -2.04. The van der Waals surface area contributed by atoms with Gasteiger partial charge in [-0.05, 0) is 25.1 Å². The average Bonchev–Trinajstić information content (AvgIpc) is 2.05. The number of nitrogens with zero attached hydrogens (tertiary/aromatic N) is 1. The van der Waals surface area contributed by atoms with Crippen LogP contribution in [0.25, 0.3) is 0 Å². The van der Waals surface area contributed by atoms with Crippen molar-refractivity contribution >= 4 is 11.6 Å². The molecule has 0 atom stereocenters. The molecule has 0 aliphatic heterocycles. The highest BCUT2D eigenvalue weighted by Gasteiger charge is 1.88. The molecule has 0 aromatic carbocycles. The number of halogens is 1. The van der Waals surface area contributed by atoms with E-state index < -0.39 is 0 Å². The first-order valence-electron chi connectivity index (χ1n) is 3.59. The highest BCUT2D eigenvalue weighted by molar-refractivity contribution is 6.29. The fourth-order valence-electron chi connectivity index (χ4n) is 0.701. The second-order valence-corrected chi connectivity index (χ2v) is 2.56. The van der Waals surface area contributed by atoms with Crippen molar-refractivity contribution in [2.24, 2.45) is 0 Å². The Morgan fingerprint density at radius 3 is 3.08 bits per heavy atom. The van der Waals surface area contributed by atoms with Crippen molar-refractivity contribution in [3.8, 4) is 11.8 Å². The van der Waals surface area contributed by atoms with Crippen molar-refractivity contribution in [1.29, 1.82) is 0 Å². The molecule has 0 aliphatic rings. The fraction of sp³-hybridized carbons (Fsp3) is 0.222. The maximum absolute atomic E-state index is 5.66. The summed E-state index contributed by atoms with van der Waals surface area (Å²) in [6.45, 7) is 0.661. The summed E-state index contributed by atoms with van der Waals surface area (Å²) in [5, 5.41) is 3.40. The molecule has 0 amide bonds. The molecule has 0 fully saturated rings. The second-order valence-electron chi connectivity index (χ2n) is 2.18. The SMILES string of the molecule is CNCC#Cc1cccc(Cl)n1. The number of aromatic nitrogens is 1. The third kappa shape index (κ3) is 2.91. The smallest absolute Gasteiger partial charge is 0.130 e. The lowest BCUT2D eigenvalue weighted by atomic mass is 10.3. The van der Waals surface area contributed by atoms with Gasteiger partial charge in [0, 0.05) is 0 Å². The molecule has 0 bridgehead atoms. The van der Waals surface area contributed by atoms with Crippen LogP contribution in [0.1, 0.15) is 5.69 Å². The first kappa shape index (κ1) is 9.05. The molecule has 0 unspecified atom stereocenters. The number of nitrogens with one attached hydrogen (secondary N) is 1. The van der Waals surface area contributed by atoms with Crippen LogP contribution in [0.5, 0.6) is 0 Å². The highest BCUT2D eigenvalue weighted by atomic mass is 35.5. The molecule has 0 radical (unpaired) electrons. The molecule has 0 aliphatic carbocycles. The topological polar surface area (TPSA) is 24.9 Å². The van der Waals surface area contributed by atoms with E-state index in [1.807, 2.05) is 19.2 Å². The van der Waals surface area contributed by atoms with Gasteiger partial charge in [0.05, 0.1) is 6.54 Å². The van der Waals surface area contributed by atoms with Crippen molar-refractivity contribution in [2.45, 2.75) is 0 Å². The molecule has 62 valence electrons. The van der Waals surface area contributed by atoms with Gasteiger partial charge in [-0.25, -0.2) is 4.98 Å². The number of hydrogen-bond acceptors (Lipinski definition) is 2. The summed E-state index contributed by atoms with van der Waals surface area (Å²) in [4.78, 5) is 4.01. The zero-order valence-electron chi connectivity index (χ0n) is 6.76. The van der Waals surface area contributed by atoms with E-state index in [4.69, 9.17) is 11.6 Å². The predicted molar refractivity (Wildman–Crippen MR) is 50.1 cm³/mol. The maximum atomic E-state index is 5.66. The predicted octanol–water partition coefficient (Wildman–Crippen LogP) is 1.31. The minimum absolute atomic E-state index is 0.478. The molecule has 1 heterocycles. The van der Waals surface area contributed by atoms with E-state index in [1.165, 1.54) is 0 Å². The Hall–Kier alpha value is -1.04. The highest BCUT2D eigenvalue weighted by Crippen LogP contribution is 2.03. The molecule has 1 N–H and O–H groups in total. The zero-order chi connectivity index (χ0) is 8.81. The second kappa shape index (κ2) is 4.76. The first-order valence-corrected chi connectivity index (χ1v) is 3.97. The van der Waals surface area contributed by atoms with Crippen LogP contribution in [0, 0.1) is 11.8 Å². The molecule has 0 saturated heterocycles. The Morgan fingerprint density at radius 1 is 1.58 bits per heavy atom. The van der Waals surface area contributed by atoms with Crippen molar-refractivity contribution in [3.63, 3.8) is 0 Å². The van der Waals surface area contributed by atoms with Crippen LogP contribution in [-0.4, -0.2) is 18.6 Å². The standard InChI is InChI=1S/C9H9ClN2/c1-11-7-3-5-8-4-2-6-9(10)12-8/h2,4,6,11H,7H2,1H3. The van der Waals surface area contributed by atoms with E-state index in [0.717, 1.165) is 0 Å². The van der Waals surface area contributed by atoms with E-state index in [0.29, 0.717) is 17.4 Å². The lowest BCUT2D eigenvalue weighted by molar-refractivity contribution is 0.938. The van der Waals surface area contributed by atoms with Crippen molar-refractivity contribution in [2.75, 3.05) is 13.6 Å². The van der Waals surface area contributed by atoms with Gasteiger partial charge in [0.1, 0.15) is 10.8 Å². The van der Waals surface area contributed by atoms with Gasteiger partial charge in [0.25, 0.3) is 0 Å². The summed E-state index contributed by atoms with van der Waals surface area (Å²) in [7, 11) is 1.85. The molecule has 3 heteroatoms. The van der Waals surface area contributed by atoms with Crippen molar-refractivity contribution in [3.05, 3.63) is 29.0 Å². The Morgan fingerprint density at radius 2 is 2.42 bits per heavy atom. The van der Waals surface area contributed by atoms with Gasteiger partial charge in [0.2, 0.25) is 0 Å². The number of hydrogen-bond donors (Lipinski definition) is 1. The molecule has 0 saturated carbocycles. The third-order valence-corrected chi connectivity index (χ3v) is 1.41. The molecule has 0 spiro atoms. The summed E-state index contributed by atoms with van der Waals surface area (Å²) in [6.07, 6.45) is 0. The Labute approximate surface area is 77.0 Å². The van der Waals surface area contributed by atoms with Crippen molar-refractivity contribution in [1.82, 2.24) is 10.3 Å². The van der Waals surface area contributed by atoms with Gasteiger partial charge in [-0.2, -0.15) is 0 Å². The first-order chi connectivity index (χ1) is 5.83. The van der Waals surface area contributed by atoms with E-state index >= 15 is 0 Å². The summed E-state index contributed by atoms with van der Waals surface area (Å²) < 4.78 is 0. The Balaban J connectivity index is 2.71. The van der Waals surface area contributed by atoms with Crippen LogP contribution in [0.3, 0.4) is 0 Å². The van der Waals surface area contributed by atoms with Crippen LogP contribution in [0.15, 0.2) is 18.2 Å². The quantitative estimate of drug-likeness (QED) is 0.521.